The number of allylic oxidation sites excluding steroid dienone is 6. The fraction of sp³-hybridized carbons (Fsp3) is 0.500. The minimum Gasteiger partial charge on any atom is -0.502 e. The zero-order valence-corrected chi connectivity index (χ0v) is 12.5. The molecule has 0 atom stereocenters. The number of nitrogens with zero attached hydrogens (tertiary/aromatic N) is 2. The van der Waals surface area contributed by atoms with Crippen molar-refractivity contribution >= 4 is 0 Å². The standard InChI is InChI=1S/C16H24N2O/c1-13(2)7-5-8-14(3)9-6-10-15(4)11-16(19)12-18-17/h7,9,11-12H,5-6,8,10H2,1-4H3/p+1/b14-9+,15-11+,16-12-. The zero-order chi connectivity index (χ0) is 14.7. The summed E-state index contributed by atoms with van der Waals surface area (Å²) in [6.45, 7) is 8.34. The summed E-state index contributed by atoms with van der Waals surface area (Å²) in [5.41, 5.74) is 3.82. The Morgan fingerprint density at radius 3 is 2.16 bits per heavy atom. The van der Waals surface area contributed by atoms with E-state index in [1.807, 2.05) is 6.92 Å². The summed E-state index contributed by atoms with van der Waals surface area (Å²) in [5, 5.41) is 17.6. The van der Waals surface area contributed by atoms with Crippen LogP contribution < -0.4 is 0 Å². The van der Waals surface area contributed by atoms with E-state index in [0.717, 1.165) is 37.5 Å². The molecule has 19 heavy (non-hydrogen) atoms. The van der Waals surface area contributed by atoms with Gasteiger partial charge in [-0.15, -0.1) is 0 Å². The molecule has 0 radical (unpaired) electrons. The lowest BCUT2D eigenvalue weighted by atomic mass is 10.1. The van der Waals surface area contributed by atoms with E-state index in [2.05, 4.69) is 37.9 Å². The molecule has 0 heterocycles. The second kappa shape index (κ2) is 10.1. The molecule has 0 aromatic heterocycles. The monoisotopic (exact) mass is 261 g/mol. The van der Waals surface area contributed by atoms with E-state index in [1.54, 1.807) is 6.08 Å². The van der Waals surface area contributed by atoms with Crippen LogP contribution in [0.3, 0.4) is 0 Å². The molecule has 0 saturated heterocycles. The Hall–Kier alpha value is -1.82. The van der Waals surface area contributed by atoms with E-state index < -0.39 is 0 Å². The maximum absolute atomic E-state index is 9.31. The predicted octanol–water partition coefficient (Wildman–Crippen LogP) is 5.66. The molecular weight excluding hydrogens is 236 g/mol. The van der Waals surface area contributed by atoms with Crippen molar-refractivity contribution < 1.29 is 5.11 Å². The summed E-state index contributed by atoms with van der Waals surface area (Å²) in [4.78, 5) is 2.77. The molecule has 1 N–H and O–H groups in total. The normalized spacial score (nSPS) is 13.1. The summed E-state index contributed by atoms with van der Waals surface area (Å²) in [5.74, 6) is -0.0238. The molecule has 0 spiro atoms. The fourth-order valence-corrected chi connectivity index (χ4v) is 1.66. The molecule has 0 saturated carbocycles. The highest BCUT2D eigenvalue weighted by molar-refractivity contribution is 5.18. The van der Waals surface area contributed by atoms with Gasteiger partial charge in [-0.1, -0.05) is 28.9 Å². The van der Waals surface area contributed by atoms with Gasteiger partial charge in [0.05, 0.1) is 0 Å². The minimum absolute atomic E-state index is 0.0238. The number of rotatable bonds is 7. The maximum atomic E-state index is 9.31. The fourth-order valence-electron chi connectivity index (χ4n) is 1.66. The van der Waals surface area contributed by atoms with Gasteiger partial charge in [0, 0.05) is 0 Å². The highest BCUT2D eigenvalue weighted by Gasteiger charge is 1.97. The lowest BCUT2D eigenvalue weighted by Gasteiger charge is -2.00. The van der Waals surface area contributed by atoms with Gasteiger partial charge in [0.25, 0.3) is 0 Å². The van der Waals surface area contributed by atoms with Crippen LogP contribution in [0.2, 0.25) is 0 Å². The smallest absolute Gasteiger partial charge is 0.391 e. The molecule has 0 bridgehead atoms. The third kappa shape index (κ3) is 11.0. The Balaban J connectivity index is 4.11. The van der Waals surface area contributed by atoms with E-state index in [-0.39, 0.29) is 5.76 Å². The van der Waals surface area contributed by atoms with Crippen molar-refractivity contribution in [2.24, 2.45) is 0 Å². The Bertz CT molecular complexity index is 430. The highest BCUT2D eigenvalue weighted by Crippen LogP contribution is 2.12. The predicted molar refractivity (Wildman–Crippen MR) is 81.2 cm³/mol. The Morgan fingerprint density at radius 2 is 1.58 bits per heavy atom. The van der Waals surface area contributed by atoms with Crippen LogP contribution in [-0.4, -0.2) is 5.11 Å². The van der Waals surface area contributed by atoms with Gasteiger partial charge < -0.3 is 5.11 Å². The largest absolute Gasteiger partial charge is 0.502 e. The summed E-state index contributed by atoms with van der Waals surface area (Å²) >= 11 is 0. The molecule has 3 heteroatoms. The Morgan fingerprint density at radius 1 is 1.00 bits per heavy atom. The molecule has 0 rings (SSSR count). The summed E-state index contributed by atoms with van der Waals surface area (Å²) < 4.78 is 0. The summed E-state index contributed by atoms with van der Waals surface area (Å²) in [6.07, 6.45) is 11.2. The lowest BCUT2D eigenvalue weighted by Crippen LogP contribution is -1.82. The van der Waals surface area contributed by atoms with Crippen LogP contribution >= 0.6 is 0 Å². The van der Waals surface area contributed by atoms with Crippen molar-refractivity contribution in [3.63, 3.8) is 0 Å². The number of diazo groups is 1. The van der Waals surface area contributed by atoms with Gasteiger partial charge >= 0.3 is 6.20 Å². The van der Waals surface area contributed by atoms with Crippen molar-refractivity contribution in [1.82, 2.24) is 0 Å². The van der Waals surface area contributed by atoms with Crippen LogP contribution in [-0.2, 0) is 0 Å². The van der Waals surface area contributed by atoms with E-state index in [0.29, 0.717) is 0 Å². The van der Waals surface area contributed by atoms with Crippen molar-refractivity contribution in [3.05, 3.63) is 51.9 Å². The first-order valence-electron chi connectivity index (χ1n) is 6.65. The minimum atomic E-state index is -0.0238. The molecule has 0 amide bonds. The van der Waals surface area contributed by atoms with Gasteiger partial charge in [-0.25, -0.2) is 0 Å². The van der Waals surface area contributed by atoms with Gasteiger partial charge in [-0.2, -0.15) is 0 Å². The molecule has 0 aliphatic heterocycles. The van der Waals surface area contributed by atoms with Crippen LogP contribution in [0.1, 0.15) is 53.4 Å². The number of aliphatic hydroxyl groups is 1. The topological polar surface area (TPSA) is 48.4 Å². The number of hydrogen-bond acceptors (Lipinski definition) is 2. The zero-order valence-electron chi connectivity index (χ0n) is 12.5. The first-order valence-corrected chi connectivity index (χ1v) is 6.65. The third-order valence-electron chi connectivity index (χ3n) is 2.71. The first-order chi connectivity index (χ1) is 8.95. The van der Waals surface area contributed by atoms with Crippen LogP contribution in [0.5, 0.6) is 0 Å². The number of aliphatic hydroxyl groups excluding tert-OH is 1. The van der Waals surface area contributed by atoms with Gasteiger partial charge in [0.2, 0.25) is 11.2 Å². The molecule has 104 valence electrons. The van der Waals surface area contributed by atoms with Crippen LogP contribution in [0.4, 0.5) is 0 Å². The van der Waals surface area contributed by atoms with Crippen LogP contribution in [0.25, 0.3) is 4.98 Å². The van der Waals surface area contributed by atoms with Gasteiger partial charge in [0.15, 0.2) is 4.98 Å². The molecule has 0 unspecified atom stereocenters. The van der Waals surface area contributed by atoms with Crippen molar-refractivity contribution in [1.29, 1.82) is 5.39 Å². The SMILES string of the molecule is CC(C)=CCC/C(C)=C/CC/C(C)=C/C(O)=C/[N+]#N. The molecule has 0 aliphatic carbocycles. The molecule has 0 fully saturated rings. The molecular formula is C16H25N2O+. The molecule has 0 aromatic rings. The quantitative estimate of drug-likeness (QED) is 0.278. The maximum Gasteiger partial charge on any atom is 0.391 e. The van der Waals surface area contributed by atoms with Gasteiger partial charge in [-0.3, -0.25) is 0 Å². The van der Waals surface area contributed by atoms with E-state index in [1.165, 1.54) is 11.1 Å². The van der Waals surface area contributed by atoms with E-state index in [4.69, 9.17) is 5.39 Å². The lowest BCUT2D eigenvalue weighted by molar-refractivity contribution is 0.431. The summed E-state index contributed by atoms with van der Waals surface area (Å²) in [6, 6.07) is 0. The van der Waals surface area contributed by atoms with Crippen LogP contribution in [0.15, 0.2) is 46.9 Å². The average Bonchev–Trinajstić information content (AvgIpc) is 2.28. The molecule has 3 nitrogen and oxygen atoms in total. The molecule has 0 aliphatic rings. The number of hydrogen-bond donors (Lipinski definition) is 1. The van der Waals surface area contributed by atoms with Crippen molar-refractivity contribution in [3.8, 4) is 0 Å². The van der Waals surface area contributed by atoms with Crippen LogP contribution in [0, 0.1) is 5.39 Å². The Kier molecular flexibility index (Phi) is 9.16. The third-order valence-corrected chi connectivity index (χ3v) is 2.71. The highest BCUT2D eigenvalue weighted by atomic mass is 16.3. The van der Waals surface area contributed by atoms with Crippen molar-refractivity contribution in [2.45, 2.75) is 53.4 Å². The second-order valence-electron chi connectivity index (χ2n) is 5.07. The first kappa shape index (κ1) is 17.2. The Labute approximate surface area is 116 Å². The second-order valence-corrected chi connectivity index (χ2v) is 5.07. The van der Waals surface area contributed by atoms with Crippen molar-refractivity contribution in [2.75, 3.05) is 0 Å². The van der Waals surface area contributed by atoms with Gasteiger partial charge in [0.1, 0.15) is 0 Å². The van der Waals surface area contributed by atoms with Gasteiger partial charge in [-0.05, 0) is 59.5 Å². The average molecular weight is 261 g/mol. The summed E-state index contributed by atoms with van der Waals surface area (Å²) in [7, 11) is 0. The molecule has 0 aromatic carbocycles. The van der Waals surface area contributed by atoms with E-state index in [9.17, 15) is 5.11 Å². The van der Waals surface area contributed by atoms with E-state index >= 15 is 0 Å².